The Labute approximate surface area is 177 Å². The van der Waals surface area contributed by atoms with Gasteiger partial charge in [0.25, 0.3) is 0 Å². The molecular formula is C22H28ClN3OS. The first-order chi connectivity index (χ1) is 13.6. The van der Waals surface area contributed by atoms with Crippen LogP contribution in [-0.4, -0.2) is 54.2 Å². The molecule has 0 radical (unpaired) electrons. The molecular weight excluding hydrogens is 390 g/mol. The van der Waals surface area contributed by atoms with Crippen molar-refractivity contribution in [3.05, 3.63) is 59.1 Å². The molecule has 0 bridgehead atoms. The highest BCUT2D eigenvalue weighted by Crippen LogP contribution is 2.21. The van der Waals surface area contributed by atoms with E-state index in [4.69, 9.17) is 11.6 Å². The number of nitrogens with one attached hydrogen (secondary N) is 1. The number of para-hydroxylation sites is 1. The maximum absolute atomic E-state index is 12.4. The summed E-state index contributed by atoms with van der Waals surface area (Å²) in [6, 6.07) is 16.2. The Morgan fingerprint density at radius 2 is 1.75 bits per heavy atom. The molecule has 1 fully saturated rings. The summed E-state index contributed by atoms with van der Waals surface area (Å²) in [6.45, 7) is 7.44. The summed E-state index contributed by atoms with van der Waals surface area (Å²) in [4.78, 5) is 18.4. The molecule has 1 aliphatic rings. The van der Waals surface area contributed by atoms with E-state index in [-0.39, 0.29) is 5.91 Å². The highest BCUT2D eigenvalue weighted by Gasteiger charge is 2.17. The van der Waals surface area contributed by atoms with Crippen LogP contribution in [0.1, 0.15) is 18.9 Å². The van der Waals surface area contributed by atoms with Gasteiger partial charge in [0.2, 0.25) is 5.91 Å². The number of thioether (sulfide) groups is 1. The zero-order chi connectivity index (χ0) is 19.8. The van der Waals surface area contributed by atoms with E-state index in [2.05, 4.69) is 46.3 Å². The van der Waals surface area contributed by atoms with Crippen molar-refractivity contribution in [2.24, 2.45) is 0 Å². The molecule has 2 aromatic carbocycles. The first-order valence-electron chi connectivity index (χ1n) is 9.85. The second-order valence-corrected chi connectivity index (χ2v) is 8.76. The van der Waals surface area contributed by atoms with E-state index in [9.17, 15) is 4.79 Å². The lowest BCUT2D eigenvalue weighted by Crippen LogP contribution is -2.36. The molecule has 1 heterocycles. The monoisotopic (exact) mass is 417 g/mol. The minimum atomic E-state index is -0.00874. The quantitative estimate of drug-likeness (QED) is 0.668. The van der Waals surface area contributed by atoms with Crippen LogP contribution < -0.4 is 5.32 Å². The third-order valence-electron chi connectivity index (χ3n) is 4.84. The van der Waals surface area contributed by atoms with Crippen molar-refractivity contribution in [3.8, 4) is 0 Å². The van der Waals surface area contributed by atoms with Gasteiger partial charge in [-0.3, -0.25) is 14.6 Å². The highest BCUT2D eigenvalue weighted by atomic mass is 35.5. The molecule has 0 atom stereocenters. The van der Waals surface area contributed by atoms with Crippen LogP contribution in [0.15, 0.2) is 53.4 Å². The van der Waals surface area contributed by atoms with Gasteiger partial charge in [-0.2, -0.15) is 0 Å². The molecule has 6 heteroatoms. The number of amides is 1. The van der Waals surface area contributed by atoms with Crippen molar-refractivity contribution in [3.63, 3.8) is 0 Å². The lowest BCUT2D eigenvalue weighted by Gasteiger charge is -2.21. The molecule has 0 aromatic heterocycles. The Bertz CT molecular complexity index is 769. The predicted molar refractivity (Wildman–Crippen MR) is 119 cm³/mol. The fraction of sp³-hybridized carbons (Fsp3) is 0.409. The zero-order valence-electron chi connectivity index (χ0n) is 16.4. The Morgan fingerprint density at radius 1 is 1.04 bits per heavy atom. The standard InChI is InChI=1S/C22H28ClN3OS/c1-2-28-19-10-8-18(9-11-19)16-25-12-5-13-26(15-14-25)17-22(27)24-21-7-4-3-6-20(21)23/h3-4,6-11H,2,5,12-17H2,1H3,(H,24,27). The molecule has 150 valence electrons. The average molecular weight is 418 g/mol. The van der Waals surface area contributed by atoms with E-state index in [1.165, 1.54) is 10.5 Å². The summed E-state index contributed by atoms with van der Waals surface area (Å²) >= 11 is 8.00. The summed E-state index contributed by atoms with van der Waals surface area (Å²) < 4.78 is 0. The molecule has 0 saturated carbocycles. The number of rotatable bonds is 7. The van der Waals surface area contributed by atoms with Crippen molar-refractivity contribution < 1.29 is 4.79 Å². The van der Waals surface area contributed by atoms with Crippen LogP contribution in [0.25, 0.3) is 0 Å². The molecule has 0 spiro atoms. The van der Waals surface area contributed by atoms with Crippen molar-refractivity contribution in [1.29, 1.82) is 0 Å². The molecule has 1 amide bonds. The summed E-state index contributed by atoms with van der Waals surface area (Å²) in [5.74, 6) is 1.09. The van der Waals surface area contributed by atoms with Gasteiger partial charge in [0.05, 0.1) is 17.3 Å². The lowest BCUT2D eigenvalue weighted by atomic mass is 10.2. The van der Waals surface area contributed by atoms with Crippen LogP contribution in [-0.2, 0) is 11.3 Å². The van der Waals surface area contributed by atoms with E-state index in [0.717, 1.165) is 44.9 Å². The number of anilines is 1. The fourth-order valence-corrected chi connectivity index (χ4v) is 4.26. The van der Waals surface area contributed by atoms with Crippen LogP contribution in [0, 0.1) is 0 Å². The summed E-state index contributed by atoms with van der Waals surface area (Å²) in [6.07, 6.45) is 1.07. The Hall–Kier alpha value is -1.53. The molecule has 4 nitrogen and oxygen atoms in total. The number of hydrogen-bond donors (Lipinski definition) is 1. The van der Waals surface area contributed by atoms with Gasteiger partial charge in [-0.15, -0.1) is 11.8 Å². The van der Waals surface area contributed by atoms with E-state index < -0.39 is 0 Å². The van der Waals surface area contributed by atoms with Crippen LogP contribution in [0.2, 0.25) is 5.02 Å². The van der Waals surface area contributed by atoms with E-state index in [1.54, 1.807) is 6.07 Å². The summed E-state index contributed by atoms with van der Waals surface area (Å²) in [5, 5.41) is 3.49. The van der Waals surface area contributed by atoms with Crippen molar-refractivity contribution in [2.45, 2.75) is 24.8 Å². The molecule has 0 unspecified atom stereocenters. The zero-order valence-corrected chi connectivity index (χ0v) is 17.9. The molecule has 1 saturated heterocycles. The molecule has 0 aliphatic carbocycles. The van der Waals surface area contributed by atoms with Gasteiger partial charge in [-0.1, -0.05) is 42.8 Å². The smallest absolute Gasteiger partial charge is 0.238 e. The van der Waals surface area contributed by atoms with Gasteiger partial charge in [0.1, 0.15) is 0 Å². The van der Waals surface area contributed by atoms with Crippen LogP contribution in [0.4, 0.5) is 5.69 Å². The first-order valence-corrected chi connectivity index (χ1v) is 11.2. The van der Waals surface area contributed by atoms with Gasteiger partial charge in [0.15, 0.2) is 0 Å². The third-order valence-corrected chi connectivity index (χ3v) is 6.06. The maximum Gasteiger partial charge on any atom is 0.238 e. The summed E-state index contributed by atoms with van der Waals surface area (Å²) in [7, 11) is 0. The summed E-state index contributed by atoms with van der Waals surface area (Å²) in [5.41, 5.74) is 2.03. The molecule has 1 N–H and O–H groups in total. The second kappa shape index (κ2) is 10.9. The number of hydrogen-bond acceptors (Lipinski definition) is 4. The maximum atomic E-state index is 12.4. The minimum absolute atomic E-state index is 0.00874. The van der Waals surface area contributed by atoms with Crippen LogP contribution in [0.3, 0.4) is 0 Å². The molecule has 28 heavy (non-hydrogen) atoms. The van der Waals surface area contributed by atoms with E-state index >= 15 is 0 Å². The van der Waals surface area contributed by atoms with Gasteiger partial charge >= 0.3 is 0 Å². The average Bonchev–Trinajstić information content (AvgIpc) is 2.90. The molecule has 2 aromatic rings. The Kier molecular flexibility index (Phi) is 8.22. The van der Waals surface area contributed by atoms with Crippen molar-refractivity contribution in [1.82, 2.24) is 9.80 Å². The Balaban J connectivity index is 1.46. The second-order valence-electron chi connectivity index (χ2n) is 7.01. The van der Waals surface area contributed by atoms with E-state index in [0.29, 0.717) is 17.3 Å². The van der Waals surface area contributed by atoms with Gasteiger partial charge in [-0.05, 0) is 55.1 Å². The number of carbonyl (C=O) groups is 1. The largest absolute Gasteiger partial charge is 0.324 e. The number of benzene rings is 2. The Morgan fingerprint density at radius 3 is 2.50 bits per heavy atom. The normalized spacial score (nSPS) is 15.9. The molecule has 1 aliphatic heterocycles. The topological polar surface area (TPSA) is 35.6 Å². The van der Waals surface area contributed by atoms with Gasteiger partial charge < -0.3 is 5.32 Å². The molecule has 3 rings (SSSR count). The van der Waals surface area contributed by atoms with E-state index in [1.807, 2.05) is 30.0 Å². The number of nitrogens with zero attached hydrogens (tertiary/aromatic N) is 2. The minimum Gasteiger partial charge on any atom is -0.324 e. The lowest BCUT2D eigenvalue weighted by molar-refractivity contribution is -0.117. The van der Waals surface area contributed by atoms with Gasteiger partial charge in [-0.25, -0.2) is 0 Å². The third kappa shape index (κ3) is 6.52. The predicted octanol–water partition coefficient (Wildman–Crippen LogP) is 4.60. The van der Waals surface area contributed by atoms with Crippen molar-refractivity contribution >= 4 is 35.0 Å². The first kappa shape index (κ1) is 21.2. The van der Waals surface area contributed by atoms with Crippen LogP contribution >= 0.6 is 23.4 Å². The highest BCUT2D eigenvalue weighted by molar-refractivity contribution is 7.99. The van der Waals surface area contributed by atoms with Crippen molar-refractivity contribution in [2.75, 3.05) is 43.8 Å². The number of halogens is 1. The fourth-order valence-electron chi connectivity index (χ4n) is 3.41. The van der Waals surface area contributed by atoms with Crippen LogP contribution in [0.5, 0.6) is 0 Å². The number of carbonyl (C=O) groups excluding carboxylic acids is 1. The SMILES string of the molecule is CCSc1ccc(CN2CCCN(CC(=O)Nc3ccccc3Cl)CC2)cc1. The van der Waals surface area contributed by atoms with Gasteiger partial charge in [0, 0.05) is 24.5 Å².